The lowest BCUT2D eigenvalue weighted by molar-refractivity contribution is 0.315. The number of hydrogen-bond acceptors (Lipinski definition) is 5. The third-order valence-electron chi connectivity index (χ3n) is 4.96. The number of anilines is 3. The van der Waals surface area contributed by atoms with Crippen molar-refractivity contribution >= 4 is 17.3 Å². The fourth-order valence-corrected chi connectivity index (χ4v) is 3.42. The van der Waals surface area contributed by atoms with Gasteiger partial charge in [-0.15, -0.1) is 5.10 Å². The molecule has 28 heavy (non-hydrogen) atoms. The van der Waals surface area contributed by atoms with Crippen molar-refractivity contribution in [3.63, 3.8) is 0 Å². The van der Waals surface area contributed by atoms with Crippen LogP contribution in [0.25, 0.3) is 5.69 Å². The van der Waals surface area contributed by atoms with Crippen LogP contribution in [-0.2, 0) is 0 Å². The number of benzene rings is 2. The molecule has 6 nitrogen and oxygen atoms in total. The topological polar surface area (TPSA) is 49.2 Å². The van der Waals surface area contributed by atoms with Crippen LogP contribution >= 0.6 is 0 Å². The molecule has 146 valence electrons. The van der Waals surface area contributed by atoms with E-state index in [1.165, 1.54) is 29.2 Å². The van der Waals surface area contributed by atoms with Crippen LogP contribution in [0.2, 0.25) is 0 Å². The van der Waals surface area contributed by atoms with Crippen LogP contribution in [0.15, 0.2) is 48.8 Å². The largest absolute Gasteiger partial charge is 0.370 e. The van der Waals surface area contributed by atoms with Crippen molar-refractivity contribution in [1.82, 2.24) is 19.7 Å². The maximum atomic E-state index is 14.2. The molecule has 1 atom stereocenters. The molecular weight excluding hydrogens is 362 g/mol. The van der Waals surface area contributed by atoms with Crippen LogP contribution in [-0.4, -0.2) is 52.9 Å². The number of rotatable bonds is 5. The van der Waals surface area contributed by atoms with E-state index in [0.29, 0.717) is 23.4 Å². The Balaban J connectivity index is 1.52. The Morgan fingerprint density at radius 3 is 2.64 bits per heavy atom. The van der Waals surface area contributed by atoms with E-state index < -0.39 is 0 Å². The average molecular weight is 384 g/mol. The van der Waals surface area contributed by atoms with Crippen molar-refractivity contribution in [1.29, 1.82) is 0 Å². The minimum atomic E-state index is -0.348. The molecule has 1 unspecified atom stereocenters. The number of hydrogen-bond donors (Lipinski definition) is 1. The molecule has 0 spiro atoms. The van der Waals surface area contributed by atoms with Gasteiger partial charge in [-0.05, 0) is 56.9 Å². The van der Waals surface area contributed by atoms with E-state index in [4.69, 9.17) is 0 Å². The number of nitrogens with zero attached hydrogens (tertiary/aromatic N) is 5. The lowest BCUT2D eigenvalue weighted by Crippen LogP contribution is -2.31. The summed E-state index contributed by atoms with van der Waals surface area (Å²) in [6.45, 7) is 1.75. The molecule has 1 aliphatic rings. The van der Waals surface area contributed by atoms with Crippen LogP contribution in [0.4, 0.5) is 26.1 Å². The quantitative estimate of drug-likeness (QED) is 0.730. The van der Waals surface area contributed by atoms with Crippen molar-refractivity contribution in [2.24, 2.45) is 0 Å². The predicted molar refractivity (Wildman–Crippen MR) is 105 cm³/mol. The number of halogens is 2. The second-order valence-electron chi connectivity index (χ2n) is 7.17. The number of likely N-dealkylation sites (N-methyl/N-ethyl adjacent to an activating group) is 1. The molecule has 4 rings (SSSR count). The second-order valence-corrected chi connectivity index (χ2v) is 7.17. The van der Waals surface area contributed by atoms with Gasteiger partial charge in [0.1, 0.15) is 18.0 Å². The number of nitrogens with one attached hydrogen (secondary N) is 1. The van der Waals surface area contributed by atoms with Gasteiger partial charge >= 0.3 is 0 Å². The maximum Gasteiger partial charge on any atom is 0.246 e. The van der Waals surface area contributed by atoms with E-state index >= 15 is 0 Å². The third-order valence-corrected chi connectivity index (χ3v) is 4.96. The molecule has 0 aliphatic carbocycles. The van der Waals surface area contributed by atoms with E-state index in [1.807, 2.05) is 6.07 Å². The highest BCUT2D eigenvalue weighted by Crippen LogP contribution is 2.27. The van der Waals surface area contributed by atoms with Gasteiger partial charge in [-0.25, -0.2) is 13.5 Å². The Labute approximate surface area is 162 Å². The fraction of sp³-hybridized carbons (Fsp3) is 0.300. The van der Waals surface area contributed by atoms with Crippen molar-refractivity contribution in [2.45, 2.75) is 12.5 Å². The Bertz CT molecular complexity index is 971. The smallest absolute Gasteiger partial charge is 0.246 e. The van der Waals surface area contributed by atoms with Gasteiger partial charge in [0, 0.05) is 30.5 Å². The summed E-state index contributed by atoms with van der Waals surface area (Å²) in [7, 11) is 4.13. The van der Waals surface area contributed by atoms with Crippen molar-refractivity contribution in [3.05, 3.63) is 60.4 Å². The summed E-state index contributed by atoms with van der Waals surface area (Å²) in [5.74, 6) is -0.356. The molecule has 0 bridgehead atoms. The highest BCUT2D eigenvalue weighted by Gasteiger charge is 2.24. The summed E-state index contributed by atoms with van der Waals surface area (Å²) < 4.78 is 29.0. The Hall–Kier alpha value is -3.00. The summed E-state index contributed by atoms with van der Waals surface area (Å²) in [4.78, 5) is 8.56. The van der Waals surface area contributed by atoms with Crippen LogP contribution in [0.5, 0.6) is 0 Å². The van der Waals surface area contributed by atoms with Gasteiger partial charge in [0.05, 0.1) is 5.69 Å². The van der Waals surface area contributed by atoms with Crippen molar-refractivity contribution in [2.75, 3.05) is 37.4 Å². The fourth-order valence-electron chi connectivity index (χ4n) is 3.42. The minimum Gasteiger partial charge on any atom is -0.370 e. The highest BCUT2D eigenvalue weighted by molar-refractivity contribution is 5.62. The van der Waals surface area contributed by atoms with Crippen molar-refractivity contribution in [3.8, 4) is 5.69 Å². The first kappa shape index (κ1) is 18.4. The summed E-state index contributed by atoms with van der Waals surface area (Å²) in [5.41, 5.74) is 1.96. The zero-order valence-electron chi connectivity index (χ0n) is 15.8. The first-order valence-electron chi connectivity index (χ1n) is 9.14. The van der Waals surface area contributed by atoms with Gasteiger partial charge in [0.15, 0.2) is 0 Å². The summed E-state index contributed by atoms with van der Waals surface area (Å²) >= 11 is 0. The summed E-state index contributed by atoms with van der Waals surface area (Å²) in [6.07, 6.45) is 2.53. The zero-order chi connectivity index (χ0) is 19.7. The number of aromatic nitrogens is 3. The van der Waals surface area contributed by atoms with E-state index in [0.717, 1.165) is 25.2 Å². The van der Waals surface area contributed by atoms with Crippen molar-refractivity contribution < 1.29 is 8.78 Å². The van der Waals surface area contributed by atoms with Gasteiger partial charge in [-0.2, -0.15) is 4.98 Å². The first-order chi connectivity index (χ1) is 13.5. The molecule has 1 fully saturated rings. The lowest BCUT2D eigenvalue weighted by atomic mass is 10.2. The first-order valence-corrected chi connectivity index (χ1v) is 9.14. The third kappa shape index (κ3) is 3.96. The Kier molecular flexibility index (Phi) is 4.95. The monoisotopic (exact) mass is 384 g/mol. The molecular formula is C20H22F2N6. The molecule has 1 aliphatic heterocycles. The van der Waals surface area contributed by atoms with Gasteiger partial charge in [0.25, 0.3) is 0 Å². The lowest BCUT2D eigenvalue weighted by Gasteiger charge is -2.22. The molecule has 2 heterocycles. The van der Waals surface area contributed by atoms with E-state index in [-0.39, 0.29) is 11.6 Å². The van der Waals surface area contributed by atoms with Crippen LogP contribution in [0.3, 0.4) is 0 Å². The molecule has 0 amide bonds. The minimum absolute atomic E-state index is 0.313. The van der Waals surface area contributed by atoms with Crippen LogP contribution in [0, 0.1) is 11.6 Å². The highest BCUT2D eigenvalue weighted by atomic mass is 19.1. The molecule has 2 aromatic carbocycles. The molecule has 1 N–H and O–H groups in total. The van der Waals surface area contributed by atoms with Crippen LogP contribution < -0.4 is 10.2 Å². The SMILES string of the molecule is CN(C)C1CCN(c2cc(F)cc(Nc3ncn(-c4cccc(F)c4)n3)c2)C1. The standard InChI is InChI=1S/C20H22F2N6/c1-26(2)18-6-7-27(12-18)19-10-15(22)8-16(11-19)24-20-23-13-28(25-20)17-5-3-4-14(21)9-17/h3-5,8-11,13,18H,6-7,12H2,1-2H3,(H,24,25). The average Bonchev–Trinajstić information content (AvgIpc) is 3.31. The maximum absolute atomic E-state index is 14.2. The molecule has 0 saturated carbocycles. The van der Waals surface area contributed by atoms with Gasteiger partial charge in [-0.1, -0.05) is 6.07 Å². The molecule has 1 saturated heterocycles. The zero-order valence-corrected chi connectivity index (χ0v) is 15.8. The van der Waals surface area contributed by atoms with E-state index in [9.17, 15) is 8.78 Å². The summed E-state index contributed by atoms with van der Waals surface area (Å²) in [6, 6.07) is 11.4. The Morgan fingerprint density at radius 2 is 1.89 bits per heavy atom. The normalized spacial score (nSPS) is 16.8. The van der Waals surface area contributed by atoms with E-state index in [2.05, 4.69) is 39.3 Å². The second kappa shape index (κ2) is 7.55. The van der Waals surface area contributed by atoms with Gasteiger partial charge in [-0.3, -0.25) is 0 Å². The molecule has 3 aromatic rings. The van der Waals surface area contributed by atoms with E-state index in [1.54, 1.807) is 18.2 Å². The molecule has 8 heteroatoms. The summed E-state index contributed by atoms with van der Waals surface area (Å²) in [5, 5.41) is 7.33. The Morgan fingerprint density at radius 1 is 1.07 bits per heavy atom. The predicted octanol–water partition coefficient (Wildman–Crippen LogP) is 3.43. The molecule has 0 radical (unpaired) electrons. The van der Waals surface area contributed by atoms with Gasteiger partial charge in [0.2, 0.25) is 5.95 Å². The van der Waals surface area contributed by atoms with Crippen LogP contribution in [0.1, 0.15) is 6.42 Å². The molecule has 1 aromatic heterocycles. The van der Waals surface area contributed by atoms with Gasteiger partial charge < -0.3 is 15.1 Å².